The van der Waals surface area contributed by atoms with Crippen LogP contribution in [-0.2, 0) is 33.4 Å². The summed E-state index contributed by atoms with van der Waals surface area (Å²) in [7, 11) is 0. The van der Waals surface area contributed by atoms with Crippen LogP contribution in [0.1, 0.15) is 0 Å². The third-order valence-electron chi connectivity index (χ3n) is 4.76. The minimum absolute atomic E-state index is 0.00224. The molecule has 1 N–H and O–H groups in total. The van der Waals surface area contributed by atoms with E-state index in [2.05, 4.69) is 14.8 Å². The molecule has 2 fully saturated rings. The molecule has 11 nitrogen and oxygen atoms in total. The van der Waals surface area contributed by atoms with Crippen LogP contribution in [0.3, 0.4) is 0 Å². The number of rotatable bonds is 9. The Morgan fingerprint density at radius 2 is 1.26 bits per heavy atom. The highest BCUT2D eigenvalue weighted by atomic mass is 16.6. The van der Waals surface area contributed by atoms with Gasteiger partial charge in [-0.3, -0.25) is 38.7 Å². The van der Waals surface area contributed by atoms with E-state index in [1.54, 1.807) is 21.9 Å². The molecule has 31 heavy (non-hydrogen) atoms. The van der Waals surface area contributed by atoms with E-state index in [0.717, 1.165) is 0 Å². The first-order valence-electron chi connectivity index (χ1n) is 9.86. The summed E-state index contributed by atoms with van der Waals surface area (Å²) in [6.07, 6.45) is 0. The zero-order chi connectivity index (χ0) is 22.2. The molecule has 166 valence electrons. The highest BCUT2D eigenvalue weighted by molar-refractivity contribution is 5.92. The molecule has 0 saturated carbocycles. The second-order valence-electron chi connectivity index (χ2n) is 7.30. The largest absolute Gasteiger partial charge is 0.391 e. The lowest BCUT2D eigenvalue weighted by atomic mass is 10.3. The Hall–Kier alpha value is -3.15. The van der Waals surface area contributed by atoms with Gasteiger partial charge in [-0.1, -0.05) is 18.2 Å². The van der Waals surface area contributed by atoms with Crippen molar-refractivity contribution >= 4 is 35.5 Å². The maximum Gasteiger partial charge on any atom is 0.327 e. The van der Waals surface area contributed by atoms with Gasteiger partial charge in [-0.25, -0.2) is 0 Å². The Morgan fingerprint density at radius 3 is 1.71 bits per heavy atom. The average molecular weight is 432 g/mol. The normalized spacial score (nSPS) is 18.1. The first kappa shape index (κ1) is 22.5. The third-order valence-corrected chi connectivity index (χ3v) is 4.76. The van der Waals surface area contributed by atoms with Crippen LogP contribution in [0, 0.1) is 0 Å². The van der Waals surface area contributed by atoms with Crippen LogP contribution in [-0.4, -0.2) is 103 Å². The lowest BCUT2D eigenvalue weighted by Gasteiger charge is -2.30. The fourth-order valence-corrected chi connectivity index (χ4v) is 3.30. The second-order valence-corrected chi connectivity index (χ2v) is 7.30. The molecular weight excluding hydrogens is 408 g/mol. The first-order chi connectivity index (χ1) is 14.9. The van der Waals surface area contributed by atoms with E-state index in [1.807, 2.05) is 23.1 Å². The minimum Gasteiger partial charge on any atom is -0.391 e. The van der Waals surface area contributed by atoms with Crippen LogP contribution >= 0.6 is 0 Å². The SMILES string of the molecule is O=C(CN(CCN1CC(=O)OC(=O)C1)CCN1CC(=O)OC(=O)C1)Nc1ccccc1. The van der Waals surface area contributed by atoms with Crippen molar-refractivity contribution in [3.63, 3.8) is 0 Å². The molecule has 1 aromatic carbocycles. The Balaban J connectivity index is 1.56. The average Bonchev–Trinajstić information content (AvgIpc) is 2.69. The zero-order valence-electron chi connectivity index (χ0n) is 17.0. The molecule has 1 amide bonds. The number of anilines is 1. The minimum atomic E-state index is -0.602. The molecule has 0 atom stereocenters. The molecule has 1 aromatic rings. The van der Waals surface area contributed by atoms with Crippen LogP contribution in [0.25, 0.3) is 0 Å². The summed E-state index contributed by atoms with van der Waals surface area (Å²) in [4.78, 5) is 63.5. The Labute approximate surface area is 178 Å². The second kappa shape index (κ2) is 10.8. The fraction of sp³-hybridized carbons (Fsp3) is 0.450. The van der Waals surface area contributed by atoms with Crippen molar-refractivity contribution in [2.24, 2.45) is 0 Å². The number of hydrogen-bond donors (Lipinski definition) is 1. The van der Waals surface area contributed by atoms with E-state index in [0.29, 0.717) is 31.9 Å². The standard InChI is InChI=1S/C20H24N4O7/c25-16(21-15-4-2-1-3-5-15)10-22(6-8-23-11-17(26)30-18(27)12-23)7-9-24-13-19(28)31-20(29)14-24/h1-5H,6-14H2,(H,21,25). The van der Waals surface area contributed by atoms with E-state index >= 15 is 0 Å². The molecule has 0 radical (unpaired) electrons. The van der Waals surface area contributed by atoms with Gasteiger partial charge in [0.05, 0.1) is 32.7 Å². The van der Waals surface area contributed by atoms with E-state index in [9.17, 15) is 24.0 Å². The van der Waals surface area contributed by atoms with E-state index in [-0.39, 0.29) is 38.6 Å². The molecule has 2 aliphatic heterocycles. The Bertz CT molecular complexity index is 771. The van der Waals surface area contributed by atoms with Gasteiger partial charge >= 0.3 is 23.9 Å². The lowest BCUT2D eigenvalue weighted by Crippen LogP contribution is -2.49. The molecule has 2 aliphatic rings. The van der Waals surface area contributed by atoms with Crippen LogP contribution in [0.4, 0.5) is 5.69 Å². The molecule has 2 heterocycles. The number of amides is 1. The molecule has 11 heteroatoms. The number of morpholine rings is 2. The van der Waals surface area contributed by atoms with Gasteiger partial charge in [0.2, 0.25) is 5.91 Å². The number of carbonyl (C=O) groups excluding carboxylic acids is 5. The van der Waals surface area contributed by atoms with Gasteiger partial charge < -0.3 is 14.8 Å². The number of benzene rings is 1. The number of nitrogens with zero attached hydrogens (tertiary/aromatic N) is 3. The van der Waals surface area contributed by atoms with Crippen molar-refractivity contribution in [2.75, 3.05) is 64.2 Å². The van der Waals surface area contributed by atoms with Crippen molar-refractivity contribution in [3.05, 3.63) is 30.3 Å². The van der Waals surface area contributed by atoms with E-state index in [4.69, 9.17) is 0 Å². The maximum absolute atomic E-state index is 12.5. The number of esters is 4. The van der Waals surface area contributed by atoms with Crippen molar-refractivity contribution in [2.45, 2.75) is 0 Å². The molecule has 0 aliphatic carbocycles. The predicted octanol–water partition coefficient (Wildman–Crippen LogP) is -1.30. The number of hydrogen-bond acceptors (Lipinski definition) is 10. The summed E-state index contributed by atoms with van der Waals surface area (Å²) in [5, 5.41) is 2.81. The number of nitrogens with one attached hydrogen (secondary N) is 1. The molecular formula is C20H24N4O7. The molecule has 0 unspecified atom stereocenters. The van der Waals surface area contributed by atoms with Crippen LogP contribution in [0.15, 0.2) is 30.3 Å². The van der Waals surface area contributed by atoms with Crippen LogP contribution in [0.2, 0.25) is 0 Å². The van der Waals surface area contributed by atoms with Crippen molar-refractivity contribution < 1.29 is 33.4 Å². The monoisotopic (exact) mass is 432 g/mol. The number of carbonyl (C=O) groups is 5. The summed E-state index contributed by atoms with van der Waals surface area (Å²) >= 11 is 0. The highest BCUT2D eigenvalue weighted by Gasteiger charge is 2.27. The molecule has 0 aromatic heterocycles. The topological polar surface area (TPSA) is 126 Å². The number of para-hydroxylation sites is 1. The summed E-state index contributed by atoms with van der Waals surface area (Å²) in [6, 6.07) is 9.02. The quantitative estimate of drug-likeness (QED) is 0.372. The van der Waals surface area contributed by atoms with Crippen LogP contribution in [0.5, 0.6) is 0 Å². The van der Waals surface area contributed by atoms with Gasteiger partial charge in [0, 0.05) is 31.9 Å². The van der Waals surface area contributed by atoms with Crippen molar-refractivity contribution in [1.29, 1.82) is 0 Å². The van der Waals surface area contributed by atoms with Gasteiger partial charge in [-0.05, 0) is 12.1 Å². The molecule has 0 spiro atoms. The highest BCUT2D eigenvalue weighted by Crippen LogP contribution is 2.06. The van der Waals surface area contributed by atoms with Crippen molar-refractivity contribution in [3.8, 4) is 0 Å². The van der Waals surface area contributed by atoms with Gasteiger partial charge in [0.15, 0.2) is 0 Å². The predicted molar refractivity (Wildman–Crippen MR) is 107 cm³/mol. The smallest absolute Gasteiger partial charge is 0.327 e. The van der Waals surface area contributed by atoms with Gasteiger partial charge in [-0.15, -0.1) is 0 Å². The van der Waals surface area contributed by atoms with Crippen molar-refractivity contribution in [1.82, 2.24) is 14.7 Å². The molecule has 2 saturated heterocycles. The summed E-state index contributed by atoms with van der Waals surface area (Å²) in [5.74, 6) is -2.63. The zero-order valence-corrected chi connectivity index (χ0v) is 17.0. The summed E-state index contributed by atoms with van der Waals surface area (Å²) < 4.78 is 9.04. The van der Waals surface area contributed by atoms with E-state index < -0.39 is 23.9 Å². The van der Waals surface area contributed by atoms with Gasteiger partial charge in [0.25, 0.3) is 0 Å². The summed E-state index contributed by atoms with van der Waals surface area (Å²) in [6.45, 7) is 1.62. The third kappa shape index (κ3) is 7.55. The lowest BCUT2D eigenvalue weighted by molar-refractivity contribution is -0.168. The Morgan fingerprint density at radius 1 is 0.806 bits per heavy atom. The van der Waals surface area contributed by atoms with Gasteiger partial charge in [-0.2, -0.15) is 0 Å². The molecule has 3 rings (SSSR count). The van der Waals surface area contributed by atoms with E-state index in [1.165, 1.54) is 0 Å². The maximum atomic E-state index is 12.5. The number of cyclic esters (lactones) is 4. The number of ether oxygens (including phenoxy) is 2. The first-order valence-corrected chi connectivity index (χ1v) is 9.86. The Kier molecular flexibility index (Phi) is 7.82. The molecule has 0 bridgehead atoms. The van der Waals surface area contributed by atoms with Gasteiger partial charge in [0.1, 0.15) is 0 Å². The van der Waals surface area contributed by atoms with Crippen LogP contribution < -0.4 is 5.32 Å². The fourth-order valence-electron chi connectivity index (χ4n) is 3.30. The summed E-state index contributed by atoms with van der Waals surface area (Å²) in [5.41, 5.74) is 0.668.